The maximum Gasteiger partial charge on any atom is 0.0836 e. The molecule has 5 rings (SSSR count). The first kappa shape index (κ1) is 8.81. The summed E-state index contributed by atoms with van der Waals surface area (Å²) in [7, 11) is 0. The average molecular weight is 204 g/mol. The van der Waals surface area contributed by atoms with E-state index in [1.54, 1.807) is 11.1 Å². The molecule has 82 valence electrons. The molecule has 1 saturated heterocycles. The maximum absolute atomic E-state index is 6.29. The molecule has 15 heavy (non-hydrogen) atoms. The molecule has 1 nitrogen and oxygen atoms in total. The molecule has 0 aromatic rings. The lowest BCUT2D eigenvalue weighted by molar-refractivity contribution is -0.230. The fraction of sp³-hybridized carbons (Fsp3) is 0.857. The average Bonchev–Trinajstić information content (AvgIpc) is 2.69. The van der Waals surface area contributed by atoms with Crippen molar-refractivity contribution in [1.29, 1.82) is 0 Å². The minimum absolute atomic E-state index is 0.283. The lowest BCUT2D eigenvalue weighted by Gasteiger charge is -2.48. The second-order valence-corrected chi connectivity index (χ2v) is 6.56. The molecular weight excluding hydrogens is 184 g/mol. The van der Waals surface area contributed by atoms with E-state index in [0.29, 0.717) is 12.0 Å². The topological polar surface area (TPSA) is 9.23 Å². The van der Waals surface area contributed by atoms with Gasteiger partial charge in [-0.2, -0.15) is 0 Å². The van der Waals surface area contributed by atoms with E-state index in [4.69, 9.17) is 4.74 Å². The number of hydrogen-bond acceptors (Lipinski definition) is 1. The highest BCUT2D eigenvalue weighted by atomic mass is 16.6. The Morgan fingerprint density at radius 2 is 2.13 bits per heavy atom. The summed E-state index contributed by atoms with van der Waals surface area (Å²) in [6.07, 6.45) is 2.10. The van der Waals surface area contributed by atoms with Gasteiger partial charge in [-0.3, -0.25) is 0 Å². The molecule has 0 N–H and O–H groups in total. The van der Waals surface area contributed by atoms with Gasteiger partial charge < -0.3 is 4.74 Å². The van der Waals surface area contributed by atoms with Gasteiger partial charge in [-0.05, 0) is 38.0 Å². The van der Waals surface area contributed by atoms with Gasteiger partial charge in [0.2, 0.25) is 0 Å². The van der Waals surface area contributed by atoms with Crippen LogP contribution in [0.1, 0.15) is 34.1 Å². The van der Waals surface area contributed by atoms with E-state index < -0.39 is 0 Å². The molecule has 0 aromatic carbocycles. The van der Waals surface area contributed by atoms with Crippen molar-refractivity contribution in [3.05, 3.63) is 11.1 Å². The van der Waals surface area contributed by atoms with Crippen LogP contribution in [-0.4, -0.2) is 11.7 Å². The molecular formula is C14H20O. The minimum Gasteiger partial charge on any atom is -0.370 e. The monoisotopic (exact) mass is 204 g/mol. The highest BCUT2D eigenvalue weighted by molar-refractivity contribution is 5.45. The standard InChI is InChI=1S/C14H20O/c1-6(2)10-8-5-9-11(10)14(7(3)4)12(8)13(9)15-14/h7-9,11-13H,5H2,1-4H3. The first-order chi connectivity index (χ1) is 7.09. The largest absolute Gasteiger partial charge is 0.370 e. The van der Waals surface area contributed by atoms with Crippen LogP contribution in [0.25, 0.3) is 0 Å². The summed E-state index contributed by atoms with van der Waals surface area (Å²) < 4.78 is 6.29. The van der Waals surface area contributed by atoms with Crippen LogP contribution in [0.4, 0.5) is 0 Å². The first-order valence-corrected chi connectivity index (χ1v) is 6.44. The van der Waals surface area contributed by atoms with Gasteiger partial charge in [0, 0.05) is 11.8 Å². The summed E-state index contributed by atoms with van der Waals surface area (Å²) >= 11 is 0. The molecule has 4 aliphatic carbocycles. The van der Waals surface area contributed by atoms with E-state index in [2.05, 4.69) is 27.7 Å². The van der Waals surface area contributed by atoms with Crippen LogP contribution in [-0.2, 0) is 4.74 Å². The smallest absolute Gasteiger partial charge is 0.0836 e. The third kappa shape index (κ3) is 0.627. The fourth-order valence-corrected chi connectivity index (χ4v) is 5.57. The molecule has 6 atom stereocenters. The van der Waals surface area contributed by atoms with Crippen molar-refractivity contribution < 1.29 is 4.74 Å². The molecule has 0 amide bonds. The zero-order chi connectivity index (χ0) is 10.5. The Labute approximate surface area is 91.9 Å². The molecule has 5 fully saturated rings. The normalized spacial score (nSPS) is 58.2. The van der Waals surface area contributed by atoms with Crippen LogP contribution in [0.3, 0.4) is 0 Å². The maximum atomic E-state index is 6.29. The number of ether oxygens (including phenoxy) is 1. The van der Waals surface area contributed by atoms with Crippen molar-refractivity contribution in [1.82, 2.24) is 0 Å². The van der Waals surface area contributed by atoms with Crippen molar-refractivity contribution in [2.24, 2.45) is 29.6 Å². The quantitative estimate of drug-likeness (QED) is 0.597. The van der Waals surface area contributed by atoms with Crippen LogP contribution in [0.2, 0.25) is 0 Å². The summed E-state index contributed by atoms with van der Waals surface area (Å²) in [6, 6.07) is 0. The van der Waals surface area contributed by atoms with Gasteiger partial charge >= 0.3 is 0 Å². The lowest BCUT2D eigenvalue weighted by atomic mass is 9.73. The number of rotatable bonds is 1. The zero-order valence-electron chi connectivity index (χ0n) is 10.1. The molecule has 0 radical (unpaired) electrons. The Morgan fingerprint density at radius 1 is 1.40 bits per heavy atom. The second-order valence-electron chi connectivity index (χ2n) is 6.56. The van der Waals surface area contributed by atoms with Crippen LogP contribution >= 0.6 is 0 Å². The van der Waals surface area contributed by atoms with Crippen molar-refractivity contribution >= 4 is 0 Å². The van der Waals surface area contributed by atoms with Crippen molar-refractivity contribution in [3.8, 4) is 0 Å². The van der Waals surface area contributed by atoms with Crippen LogP contribution < -0.4 is 0 Å². The molecule has 1 aliphatic heterocycles. The predicted molar refractivity (Wildman–Crippen MR) is 59.4 cm³/mol. The Balaban J connectivity index is 1.90. The highest BCUT2D eigenvalue weighted by Gasteiger charge is 2.83. The highest BCUT2D eigenvalue weighted by Crippen LogP contribution is 2.80. The lowest BCUT2D eigenvalue weighted by Crippen LogP contribution is -2.55. The van der Waals surface area contributed by atoms with Gasteiger partial charge in [-0.25, -0.2) is 0 Å². The van der Waals surface area contributed by atoms with Gasteiger partial charge in [0.1, 0.15) is 0 Å². The molecule has 0 spiro atoms. The van der Waals surface area contributed by atoms with Crippen molar-refractivity contribution in [3.63, 3.8) is 0 Å². The molecule has 0 aromatic heterocycles. The molecule has 1 heteroatoms. The SMILES string of the molecule is CC(C)=C1C2CC3C4OC(C(C)C)(C13)C24. The first-order valence-electron chi connectivity index (χ1n) is 6.44. The van der Waals surface area contributed by atoms with Gasteiger partial charge in [-0.15, -0.1) is 0 Å². The summed E-state index contributed by atoms with van der Waals surface area (Å²) in [5.41, 5.74) is 3.67. The fourth-order valence-electron chi connectivity index (χ4n) is 5.57. The van der Waals surface area contributed by atoms with E-state index in [-0.39, 0.29) is 5.60 Å². The summed E-state index contributed by atoms with van der Waals surface area (Å²) in [4.78, 5) is 0. The Morgan fingerprint density at radius 3 is 2.67 bits per heavy atom. The zero-order valence-corrected chi connectivity index (χ0v) is 10.1. The summed E-state index contributed by atoms with van der Waals surface area (Å²) in [5.74, 6) is 4.21. The molecule has 5 aliphatic rings. The van der Waals surface area contributed by atoms with Crippen LogP contribution in [0, 0.1) is 29.6 Å². The molecule has 6 unspecified atom stereocenters. The van der Waals surface area contributed by atoms with E-state index >= 15 is 0 Å². The van der Waals surface area contributed by atoms with E-state index in [9.17, 15) is 0 Å². The van der Waals surface area contributed by atoms with E-state index in [0.717, 1.165) is 23.7 Å². The van der Waals surface area contributed by atoms with Crippen LogP contribution in [0.5, 0.6) is 0 Å². The summed E-state index contributed by atoms with van der Waals surface area (Å²) in [6.45, 7) is 9.32. The summed E-state index contributed by atoms with van der Waals surface area (Å²) in [5, 5.41) is 0. The van der Waals surface area contributed by atoms with Gasteiger partial charge in [0.05, 0.1) is 11.7 Å². The molecule has 6 bridgehead atoms. The van der Waals surface area contributed by atoms with Crippen molar-refractivity contribution in [2.75, 3.05) is 0 Å². The third-order valence-corrected chi connectivity index (χ3v) is 5.73. The molecule has 4 saturated carbocycles. The van der Waals surface area contributed by atoms with Gasteiger partial charge in [0.15, 0.2) is 0 Å². The van der Waals surface area contributed by atoms with E-state index in [1.165, 1.54) is 6.42 Å². The Hall–Kier alpha value is -0.300. The predicted octanol–water partition coefficient (Wildman–Crippen LogP) is 3.01. The second kappa shape index (κ2) is 2.20. The van der Waals surface area contributed by atoms with Crippen LogP contribution in [0.15, 0.2) is 11.1 Å². The van der Waals surface area contributed by atoms with Gasteiger partial charge in [-0.1, -0.05) is 25.0 Å². The Kier molecular flexibility index (Phi) is 1.29. The third-order valence-electron chi connectivity index (χ3n) is 5.73. The van der Waals surface area contributed by atoms with Crippen molar-refractivity contribution in [2.45, 2.75) is 45.8 Å². The Bertz CT molecular complexity index is 377. The van der Waals surface area contributed by atoms with Gasteiger partial charge in [0.25, 0.3) is 0 Å². The number of hydrogen-bond donors (Lipinski definition) is 0. The molecule has 1 heterocycles. The number of allylic oxidation sites excluding steroid dienone is 1. The van der Waals surface area contributed by atoms with E-state index in [1.807, 2.05) is 0 Å². The minimum atomic E-state index is 0.283.